The summed E-state index contributed by atoms with van der Waals surface area (Å²) >= 11 is 6.03. The molecule has 4 amide bonds. The van der Waals surface area contributed by atoms with Crippen molar-refractivity contribution in [3.63, 3.8) is 0 Å². The molecule has 0 unspecified atom stereocenters. The smallest absolute Gasteiger partial charge is 0.273 e. The van der Waals surface area contributed by atoms with Crippen LogP contribution in [0, 0.1) is 5.82 Å². The number of carbonyl (C=O) groups is 3. The first-order valence-electron chi connectivity index (χ1n) is 6.89. The normalized spacial score (nSPS) is 16.5. The third-order valence-corrected chi connectivity index (χ3v) is 3.74. The van der Waals surface area contributed by atoms with Gasteiger partial charge in [0.25, 0.3) is 11.8 Å². The minimum atomic E-state index is -0.895. The summed E-state index contributed by atoms with van der Waals surface area (Å²) in [4.78, 5) is 37.4. The Balaban J connectivity index is 2.03. The fourth-order valence-electron chi connectivity index (χ4n) is 2.23. The van der Waals surface area contributed by atoms with Gasteiger partial charge in [-0.05, 0) is 42.0 Å². The van der Waals surface area contributed by atoms with Gasteiger partial charge in [-0.1, -0.05) is 29.8 Å². The molecule has 1 heterocycles. The van der Waals surface area contributed by atoms with Crippen LogP contribution in [0.5, 0.6) is 0 Å². The lowest BCUT2D eigenvalue weighted by molar-refractivity contribution is -0.122. The summed E-state index contributed by atoms with van der Waals surface area (Å²) in [5, 5.41) is 2.44. The number of rotatable bonds is 2. The van der Waals surface area contributed by atoms with Crippen molar-refractivity contribution in [1.29, 1.82) is 0 Å². The van der Waals surface area contributed by atoms with Crippen molar-refractivity contribution in [3.05, 3.63) is 70.5 Å². The molecular formula is C17H10ClFN2O3. The van der Waals surface area contributed by atoms with Crippen LogP contribution in [0.15, 0.2) is 54.1 Å². The number of amides is 4. The van der Waals surface area contributed by atoms with Crippen molar-refractivity contribution in [2.45, 2.75) is 0 Å². The van der Waals surface area contributed by atoms with Gasteiger partial charge in [-0.25, -0.2) is 14.1 Å². The van der Waals surface area contributed by atoms with E-state index in [1.54, 1.807) is 24.3 Å². The molecule has 5 nitrogen and oxygen atoms in total. The Hall–Kier alpha value is -2.99. The number of hydrogen-bond acceptors (Lipinski definition) is 3. The second-order valence-corrected chi connectivity index (χ2v) is 5.36. The summed E-state index contributed by atoms with van der Waals surface area (Å²) < 4.78 is 13.0. The largest absolute Gasteiger partial charge is 0.335 e. The molecule has 1 fully saturated rings. The monoisotopic (exact) mass is 344 g/mol. The van der Waals surface area contributed by atoms with Gasteiger partial charge in [0.05, 0.1) is 5.69 Å². The van der Waals surface area contributed by atoms with E-state index in [4.69, 9.17) is 11.6 Å². The van der Waals surface area contributed by atoms with E-state index in [2.05, 4.69) is 5.32 Å². The summed E-state index contributed by atoms with van der Waals surface area (Å²) in [7, 11) is 0. The van der Waals surface area contributed by atoms with E-state index in [0.29, 0.717) is 10.6 Å². The molecule has 0 saturated carbocycles. The highest BCUT2D eigenvalue weighted by Crippen LogP contribution is 2.24. The molecule has 3 rings (SSSR count). The van der Waals surface area contributed by atoms with E-state index >= 15 is 0 Å². The Morgan fingerprint density at radius 2 is 1.67 bits per heavy atom. The van der Waals surface area contributed by atoms with Crippen LogP contribution in [0.2, 0.25) is 5.02 Å². The number of benzene rings is 2. The van der Waals surface area contributed by atoms with E-state index in [-0.39, 0.29) is 11.3 Å². The Morgan fingerprint density at radius 3 is 2.33 bits per heavy atom. The molecule has 1 saturated heterocycles. The molecule has 0 aromatic heterocycles. The van der Waals surface area contributed by atoms with Gasteiger partial charge in [0, 0.05) is 5.02 Å². The second kappa shape index (κ2) is 6.25. The van der Waals surface area contributed by atoms with Crippen molar-refractivity contribution in [1.82, 2.24) is 5.32 Å². The molecule has 0 bridgehead atoms. The van der Waals surface area contributed by atoms with Crippen LogP contribution in [0.25, 0.3) is 6.08 Å². The average molecular weight is 345 g/mol. The highest BCUT2D eigenvalue weighted by atomic mass is 35.5. The van der Waals surface area contributed by atoms with E-state index in [1.165, 1.54) is 18.2 Å². The van der Waals surface area contributed by atoms with Crippen LogP contribution < -0.4 is 10.2 Å². The number of halogens is 2. The van der Waals surface area contributed by atoms with Gasteiger partial charge >= 0.3 is 6.03 Å². The number of imide groups is 2. The van der Waals surface area contributed by atoms with Crippen LogP contribution in [0.3, 0.4) is 0 Å². The van der Waals surface area contributed by atoms with Crippen LogP contribution in [0.1, 0.15) is 5.56 Å². The molecule has 0 atom stereocenters. The fourth-order valence-corrected chi connectivity index (χ4v) is 2.42. The Bertz CT molecular complexity index is 878. The van der Waals surface area contributed by atoms with Gasteiger partial charge < -0.3 is 0 Å². The standard InChI is InChI=1S/C17H10ClFN2O3/c18-14-4-2-1-3-10(14)9-13-15(22)20-17(24)21(16(13)23)12-7-5-11(19)6-8-12/h1-9H,(H,20,22,24)/b13-9+. The van der Waals surface area contributed by atoms with Gasteiger partial charge in [-0.3, -0.25) is 14.9 Å². The van der Waals surface area contributed by atoms with E-state index in [0.717, 1.165) is 17.0 Å². The first kappa shape index (κ1) is 15.9. The van der Waals surface area contributed by atoms with Gasteiger partial charge in [0.1, 0.15) is 11.4 Å². The molecule has 1 aliphatic rings. The zero-order chi connectivity index (χ0) is 17.3. The SMILES string of the molecule is O=C1NC(=O)N(c2ccc(F)cc2)C(=O)/C1=C/c1ccccc1Cl. The molecule has 1 aliphatic heterocycles. The third kappa shape index (κ3) is 2.91. The number of hydrogen-bond donors (Lipinski definition) is 1. The number of barbiturate groups is 1. The minimum Gasteiger partial charge on any atom is -0.273 e. The van der Waals surface area contributed by atoms with Gasteiger partial charge in [-0.15, -0.1) is 0 Å². The molecule has 0 radical (unpaired) electrons. The number of urea groups is 1. The lowest BCUT2D eigenvalue weighted by Gasteiger charge is -2.26. The van der Waals surface area contributed by atoms with Gasteiger partial charge in [0.2, 0.25) is 0 Å². The predicted octanol–water partition coefficient (Wildman–Crippen LogP) is 3.15. The maximum atomic E-state index is 13.0. The lowest BCUT2D eigenvalue weighted by Crippen LogP contribution is -2.54. The molecule has 1 N–H and O–H groups in total. The van der Waals surface area contributed by atoms with Crippen LogP contribution in [0.4, 0.5) is 14.9 Å². The third-order valence-electron chi connectivity index (χ3n) is 3.39. The maximum absolute atomic E-state index is 13.0. The molecule has 24 heavy (non-hydrogen) atoms. The highest BCUT2D eigenvalue weighted by molar-refractivity contribution is 6.39. The second-order valence-electron chi connectivity index (χ2n) is 4.96. The molecule has 2 aromatic carbocycles. The van der Waals surface area contributed by atoms with Crippen molar-refractivity contribution < 1.29 is 18.8 Å². The number of carbonyl (C=O) groups excluding carboxylic acids is 3. The predicted molar refractivity (Wildman–Crippen MR) is 86.9 cm³/mol. The van der Waals surface area contributed by atoms with E-state index < -0.39 is 23.7 Å². The Kier molecular flexibility index (Phi) is 4.14. The fraction of sp³-hybridized carbons (Fsp3) is 0. The Morgan fingerprint density at radius 1 is 1.00 bits per heavy atom. The summed E-state index contributed by atoms with van der Waals surface area (Å²) in [5.74, 6) is -2.13. The average Bonchev–Trinajstić information content (AvgIpc) is 2.54. The summed E-state index contributed by atoms with van der Waals surface area (Å²) in [6.45, 7) is 0. The van der Waals surface area contributed by atoms with Crippen LogP contribution in [-0.4, -0.2) is 17.8 Å². The lowest BCUT2D eigenvalue weighted by atomic mass is 10.1. The summed E-state index contributed by atoms with van der Waals surface area (Å²) in [6, 6.07) is 10.5. The molecule has 7 heteroatoms. The topological polar surface area (TPSA) is 66.5 Å². The van der Waals surface area contributed by atoms with Crippen LogP contribution >= 0.6 is 11.6 Å². The number of nitrogens with zero attached hydrogens (tertiary/aromatic N) is 1. The quantitative estimate of drug-likeness (QED) is 0.672. The van der Waals surface area contributed by atoms with Crippen molar-refractivity contribution >= 4 is 41.2 Å². The summed E-state index contributed by atoms with van der Waals surface area (Å²) in [5.41, 5.74) is 0.370. The Labute approximate surface area is 141 Å². The highest BCUT2D eigenvalue weighted by Gasteiger charge is 2.36. The number of anilines is 1. The number of nitrogens with one attached hydrogen (secondary N) is 1. The van der Waals surface area contributed by atoms with Gasteiger partial charge in [0.15, 0.2) is 0 Å². The van der Waals surface area contributed by atoms with E-state index in [9.17, 15) is 18.8 Å². The molecule has 2 aromatic rings. The van der Waals surface area contributed by atoms with Crippen LogP contribution in [-0.2, 0) is 9.59 Å². The summed E-state index contributed by atoms with van der Waals surface area (Å²) in [6.07, 6.45) is 1.31. The zero-order valence-corrected chi connectivity index (χ0v) is 12.9. The van der Waals surface area contributed by atoms with Crippen molar-refractivity contribution in [3.8, 4) is 0 Å². The molecule has 0 aliphatic carbocycles. The molecule has 120 valence electrons. The van der Waals surface area contributed by atoms with Crippen molar-refractivity contribution in [2.24, 2.45) is 0 Å². The maximum Gasteiger partial charge on any atom is 0.335 e. The zero-order valence-electron chi connectivity index (χ0n) is 12.1. The first-order chi connectivity index (χ1) is 11.5. The minimum absolute atomic E-state index is 0.149. The van der Waals surface area contributed by atoms with E-state index in [1.807, 2.05) is 0 Å². The molecular weight excluding hydrogens is 335 g/mol. The molecule has 0 spiro atoms. The first-order valence-corrected chi connectivity index (χ1v) is 7.27. The van der Waals surface area contributed by atoms with Gasteiger partial charge in [-0.2, -0.15) is 0 Å². The van der Waals surface area contributed by atoms with Crippen molar-refractivity contribution in [2.75, 3.05) is 4.90 Å².